The second kappa shape index (κ2) is 7.01. The van der Waals surface area contributed by atoms with E-state index in [9.17, 15) is 0 Å². The van der Waals surface area contributed by atoms with Gasteiger partial charge in [-0.25, -0.2) is 4.68 Å². The van der Waals surface area contributed by atoms with Gasteiger partial charge in [0.1, 0.15) is 0 Å². The van der Waals surface area contributed by atoms with Crippen molar-refractivity contribution in [2.45, 2.75) is 84.7 Å². The molecule has 2 fully saturated rings. The second-order valence-electron chi connectivity index (χ2n) is 8.95. The van der Waals surface area contributed by atoms with Gasteiger partial charge in [-0.15, -0.1) is 0 Å². The van der Waals surface area contributed by atoms with Crippen LogP contribution >= 0.6 is 11.6 Å². The number of nitrogens with zero attached hydrogens (tertiary/aromatic N) is 2. The molecule has 4 rings (SSSR count). The van der Waals surface area contributed by atoms with Crippen LogP contribution in [0.15, 0.2) is 6.07 Å². The SMILES string of the molecule is CCc1nn(C2CCCCO2)c2cc(Cl)c(C)c(B3OC(C)(C)C(C)(C)O3)c12. The molecule has 0 spiro atoms. The van der Waals surface area contributed by atoms with Crippen molar-refractivity contribution in [3.63, 3.8) is 0 Å². The van der Waals surface area contributed by atoms with Crippen LogP contribution in [0.2, 0.25) is 5.02 Å². The summed E-state index contributed by atoms with van der Waals surface area (Å²) in [5.41, 5.74) is 3.21. The summed E-state index contributed by atoms with van der Waals surface area (Å²) >= 11 is 6.68. The number of ether oxygens (including phenoxy) is 1. The van der Waals surface area contributed by atoms with Gasteiger partial charge < -0.3 is 14.0 Å². The van der Waals surface area contributed by atoms with E-state index in [0.717, 1.165) is 59.9 Å². The summed E-state index contributed by atoms with van der Waals surface area (Å²) in [7, 11) is -0.471. The zero-order chi connectivity index (χ0) is 20.3. The molecule has 0 amide bonds. The fraction of sp³-hybridized carbons (Fsp3) is 0.667. The third kappa shape index (κ3) is 3.09. The Kier molecular flexibility index (Phi) is 5.06. The molecular formula is C21H30BClN2O3. The fourth-order valence-electron chi connectivity index (χ4n) is 4.11. The smallest absolute Gasteiger partial charge is 0.399 e. The Morgan fingerprint density at radius 2 is 1.89 bits per heavy atom. The lowest BCUT2D eigenvalue weighted by atomic mass is 9.73. The third-order valence-electron chi connectivity index (χ3n) is 6.57. The molecule has 2 aliphatic rings. The Hall–Kier alpha value is -1.08. The van der Waals surface area contributed by atoms with Gasteiger partial charge in [-0.05, 0) is 77.4 Å². The van der Waals surface area contributed by atoms with Crippen molar-refractivity contribution >= 4 is 35.1 Å². The van der Waals surface area contributed by atoms with E-state index in [1.165, 1.54) is 0 Å². The average molecular weight is 405 g/mol. The number of benzene rings is 1. The topological polar surface area (TPSA) is 45.5 Å². The highest BCUT2D eigenvalue weighted by atomic mass is 35.5. The zero-order valence-corrected chi connectivity index (χ0v) is 18.5. The minimum atomic E-state index is -0.471. The molecule has 1 unspecified atom stereocenters. The van der Waals surface area contributed by atoms with E-state index >= 15 is 0 Å². The van der Waals surface area contributed by atoms with Crippen molar-refractivity contribution in [3.8, 4) is 0 Å². The van der Waals surface area contributed by atoms with Crippen molar-refractivity contribution in [3.05, 3.63) is 22.3 Å². The van der Waals surface area contributed by atoms with Gasteiger partial charge in [0.05, 0.1) is 22.4 Å². The van der Waals surface area contributed by atoms with Gasteiger partial charge in [-0.1, -0.05) is 18.5 Å². The van der Waals surface area contributed by atoms with E-state index in [1.807, 2.05) is 17.7 Å². The molecule has 0 saturated carbocycles. The zero-order valence-electron chi connectivity index (χ0n) is 17.8. The highest BCUT2D eigenvalue weighted by Crippen LogP contribution is 2.39. The standard InChI is InChI=1S/C21H30BClN2O3/c1-7-15-18-16(25(24-15)17-10-8-9-11-26-17)12-14(23)13(2)19(18)22-27-20(3,4)21(5,6)28-22/h12,17H,7-11H2,1-6H3. The summed E-state index contributed by atoms with van der Waals surface area (Å²) < 4.78 is 20.8. The number of rotatable bonds is 3. The van der Waals surface area contributed by atoms with Crippen molar-refractivity contribution in [1.82, 2.24) is 9.78 Å². The van der Waals surface area contributed by atoms with Crippen LogP contribution in [0.4, 0.5) is 0 Å². The molecular weight excluding hydrogens is 375 g/mol. The lowest BCUT2D eigenvalue weighted by molar-refractivity contribution is -0.0368. The Labute approximate surface area is 172 Å². The van der Waals surface area contributed by atoms with Crippen LogP contribution in [0.25, 0.3) is 10.9 Å². The third-order valence-corrected chi connectivity index (χ3v) is 6.96. The predicted octanol–water partition coefficient (Wildman–Crippen LogP) is 4.56. The summed E-state index contributed by atoms with van der Waals surface area (Å²) in [5.74, 6) is 0. The van der Waals surface area contributed by atoms with Crippen molar-refractivity contribution in [1.29, 1.82) is 0 Å². The maximum atomic E-state index is 6.68. The lowest BCUT2D eigenvalue weighted by Gasteiger charge is -2.32. The van der Waals surface area contributed by atoms with Crippen LogP contribution in [-0.4, -0.2) is 34.7 Å². The van der Waals surface area contributed by atoms with E-state index in [4.69, 9.17) is 30.7 Å². The van der Waals surface area contributed by atoms with Gasteiger partial charge in [0.25, 0.3) is 0 Å². The maximum absolute atomic E-state index is 6.68. The number of aromatic nitrogens is 2. The second-order valence-corrected chi connectivity index (χ2v) is 9.35. The monoisotopic (exact) mass is 404 g/mol. The van der Waals surface area contributed by atoms with Crippen LogP contribution in [0.3, 0.4) is 0 Å². The van der Waals surface area contributed by atoms with Gasteiger partial charge in [-0.3, -0.25) is 0 Å². The molecule has 152 valence electrons. The van der Waals surface area contributed by atoms with E-state index in [1.54, 1.807) is 0 Å². The highest BCUT2D eigenvalue weighted by Gasteiger charge is 2.53. The molecule has 2 aromatic rings. The molecule has 2 saturated heterocycles. The summed E-state index contributed by atoms with van der Waals surface area (Å²) in [5, 5.41) is 6.74. The molecule has 2 aliphatic heterocycles. The van der Waals surface area contributed by atoms with Crippen molar-refractivity contribution < 1.29 is 14.0 Å². The Balaban J connectivity index is 1.91. The van der Waals surface area contributed by atoms with E-state index in [0.29, 0.717) is 5.02 Å². The Bertz CT molecular complexity index is 887. The van der Waals surface area contributed by atoms with Gasteiger partial charge in [0.15, 0.2) is 6.23 Å². The summed E-state index contributed by atoms with van der Waals surface area (Å²) in [6.07, 6.45) is 4.01. The summed E-state index contributed by atoms with van der Waals surface area (Å²) in [4.78, 5) is 0. The van der Waals surface area contributed by atoms with Crippen molar-refractivity contribution in [2.24, 2.45) is 0 Å². The predicted molar refractivity (Wildman–Crippen MR) is 113 cm³/mol. The number of halogens is 1. The highest BCUT2D eigenvalue weighted by molar-refractivity contribution is 6.66. The largest absolute Gasteiger partial charge is 0.495 e. The van der Waals surface area contributed by atoms with E-state index in [2.05, 4.69) is 34.6 Å². The number of fused-ring (bicyclic) bond motifs is 1. The van der Waals surface area contributed by atoms with E-state index < -0.39 is 18.3 Å². The van der Waals surface area contributed by atoms with Gasteiger partial charge in [-0.2, -0.15) is 5.10 Å². The van der Waals surface area contributed by atoms with Gasteiger partial charge >= 0.3 is 7.12 Å². The molecule has 0 radical (unpaired) electrons. The van der Waals surface area contributed by atoms with Crippen molar-refractivity contribution in [2.75, 3.05) is 6.61 Å². The molecule has 0 N–H and O–H groups in total. The summed E-state index contributed by atoms with van der Waals surface area (Å²) in [6, 6.07) is 2.02. The number of hydrogen-bond donors (Lipinski definition) is 0. The normalized spacial score (nSPS) is 24.2. The molecule has 5 nitrogen and oxygen atoms in total. The first-order valence-corrected chi connectivity index (χ1v) is 10.7. The van der Waals surface area contributed by atoms with Gasteiger partial charge in [0, 0.05) is 17.0 Å². The first kappa shape index (κ1) is 20.2. The fourth-order valence-corrected chi connectivity index (χ4v) is 4.32. The summed E-state index contributed by atoms with van der Waals surface area (Å²) in [6.45, 7) is 13.2. The minimum absolute atomic E-state index is 0.0403. The van der Waals surface area contributed by atoms with Gasteiger partial charge in [0.2, 0.25) is 0 Å². The Morgan fingerprint density at radius 3 is 2.46 bits per heavy atom. The first-order chi connectivity index (χ1) is 13.2. The van der Waals surface area contributed by atoms with Crippen LogP contribution in [0, 0.1) is 6.92 Å². The average Bonchev–Trinajstić information content (AvgIpc) is 3.10. The molecule has 1 atom stereocenters. The molecule has 0 aliphatic carbocycles. The Morgan fingerprint density at radius 1 is 1.21 bits per heavy atom. The molecule has 28 heavy (non-hydrogen) atoms. The minimum Gasteiger partial charge on any atom is -0.399 e. The van der Waals surface area contributed by atoms with Crippen LogP contribution in [0.5, 0.6) is 0 Å². The molecule has 1 aromatic carbocycles. The quantitative estimate of drug-likeness (QED) is 0.704. The molecule has 7 heteroatoms. The lowest BCUT2D eigenvalue weighted by Crippen LogP contribution is -2.41. The number of aryl methyl sites for hydroxylation is 1. The van der Waals surface area contributed by atoms with E-state index in [-0.39, 0.29) is 6.23 Å². The number of hydrogen-bond acceptors (Lipinski definition) is 4. The van der Waals surface area contributed by atoms with Crippen LogP contribution in [-0.2, 0) is 20.5 Å². The first-order valence-electron chi connectivity index (χ1n) is 10.3. The molecule has 0 bridgehead atoms. The molecule has 1 aromatic heterocycles. The van der Waals surface area contributed by atoms with Crippen LogP contribution < -0.4 is 5.46 Å². The maximum Gasteiger partial charge on any atom is 0.495 e. The van der Waals surface area contributed by atoms with Crippen LogP contribution in [0.1, 0.15) is 71.4 Å². The molecule has 3 heterocycles.